The van der Waals surface area contributed by atoms with Gasteiger partial charge >= 0.3 is 0 Å². The third-order valence-electron chi connectivity index (χ3n) is 5.52. The zero-order valence-corrected chi connectivity index (χ0v) is 17.2. The van der Waals surface area contributed by atoms with E-state index in [2.05, 4.69) is 14.9 Å². The quantitative estimate of drug-likeness (QED) is 0.735. The van der Waals surface area contributed by atoms with Crippen LogP contribution in [0.25, 0.3) is 0 Å². The number of piperidine rings is 1. The Morgan fingerprint density at radius 3 is 2.54 bits per heavy atom. The van der Waals surface area contributed by atoms with Gasteiger partial charge in [0.1, 0.15) is 0 Å². The van der Waals surface area contributed by atoms with Gasteiger partial charge in [0.25, 0.3) is 0 Å². The fraction of sp³-hybridized carbons (Fsp3) is 0.526. The van der Waals surface area contributed by atoms with Gasteiger partial charge in [0.15, 0.2) is 9.84 Å². The molecule has 28 heavy (non-hydrogen) atoms. The second-order valence-corrected chi connectivity index (χ2v) is 10.7. The zero-order chi connectivity index (χ0) is 19.6. The van der Waals surface area contributed by atoms with E-state index < -0.39 is 9.84 Å². The summed E-state index contributed by atoms with van der Waals surface area (Å²) in [6, 6.07) is 5.55. The highest BCUT2D eigenvalue weighted by Gasteiger charge is 2.38. The highest BCUT2D eigenvalue weighted by molar-refractivity contribution is 7.91. The molecule has 1 unspecified atom stereocenters. The molecule has 2 aliphatic rings. The molecule has 4 heterocycles. The topological polar surface area (TPSA) is 83.5 Å². The van der Waals surface area contributed by atoms with Crippen LogP contribution >= 0.6 is 11.3 Å². The van der Waals surface area contributed by atoms with Crippen LogP contribution in [-0.4, -0.2) is 59.8 Å². The average Bonchev–Trinajstić information content (AvgIpc) is 3.35. The van der Waals surface area contributed by atoms with E-state index in [-0.39, 0.29) is 29.4 Å². The van der Waals surface area contributed by atoms with Crippen LogP contribution in [0.5, 0.6) is 0 Å². The number of aromatic nitrogens is 2. The summed E-state index contributed by atoms with van der Waals surface area (Å²) in [7, 11) is -3.04. The van der Waals surface area contributed by atoms with Gasteiger partial charge in [-0.3, -0.25) is 4.79 Å². The first kappa shape index (κ1) is 19.3. The van der Waals surface area contributed by atoms with Gasteiger partial charge in [0, 0.05) is 42.3 Å². The van der Waals surface area contributed by atoms with Crippen molar-refractivity contribution in [2.24, 2.45) is 5.92 Å². The molecule has 0 N–H and O–H groups in total. The molecular weight excluding hydrogens is 396 g/mol. The van der Waals surface area contributed by atoms with Crippen molar-refractivity contribution in [3.8, 4) is 0 Å². The first-order chi connectivity index (χ1) is 13.5. The molecule has 2 saturated heterocycles. The standard InChI is InChI=1S/C19H24N4O3S2/c24-18(15-4-9-22(10-5-15)19-20-7-2-8-21-19)23(13-17-3-1-11-27-17)16-6-12-28(25,26)14-16/h1-3,7-8,11,15-16H,4-6,9-10,12-14H2. The first-order valence-corrected chi connectivity index (χ1v) is 12.3. The van der Waals surface area contributed by atoms with E-state index in [9.17, 15) is 13.2 Å². The van der Waals surface area contributed by atoms with E-state index >= 15 is 0 Å². The van der Waals surface area contributed by atoms with Gasteiger partial charge in [-0.15, -0.1) is 11.3 Å². The van der Waals surface area contributed by atoms with Crippen molar-refractivity contribution in [2.75, 3.05) is 29.5 Å². The number of hydrogen-bond donors (Lipinski definition) is 0. The van der Waals surface area contributed by atoms with Gasteiger partial charge in [0.05, 0.1) is 18.1 Å². The van der Waals surface area contributed by atoms with E-state index in [4.69, 9.17) is 0 Å². The number of thiophene rings is 1. The summed E-state index contributed by atoms with van der Waals surface area (Å²) < 4.78 is 24.0. The van der Waals surface area contributed by atoms with Crippen molar-refractivity contribution in [1.29, 1.82) is 0 Å². The SMILES string of the molecule is O=C(C1CCN(c2ncccn2)CC1)N(Cc1cccs1)C1CCS(=O)(=O)C1. The third-order valence-corrected chi connectivity index (χ3v) is 8.13. The van der Waals surface area contributed by atoms with Crippen molar-refractivity contribution in [2.45, 2.75) is 31.8 Å². The predicted octanol–water partition coefficient (Wildman–Crippen LogP) is 1.97. The summed E-state index contributed by atoms with van der Waals surface area (Å²) in [6.07, 6.45) is 5.46. The van der Waals surface area contributed by atoms with Gasteiger partial charge in [0.2, 0.25) is 11.9 Å². The van der Waals surface area contributed by atoms with Crippen LogP contribution in [0.1, 0.15) is 24.1 Å². The Bertz CT molecular complexity index is 895. The molecule has 1 amide bonds. The van der Waals surface area contributed by atoms with E-state index in [0.717, 1.165) is 30.8 Å². The van der Waals surface area contributed by atoms with E-state index in [0.29, 0.717) is 18.9 Å². The molecule has 7 nitrogen and oxygen atoms in total. The lowest BCUT2D eigenvalue weighted by Crippen LogP contribution is -2.47. The number of sulfone groups is 1. The molecule has 0 saturated carbocycles. The number of anilines is 1. The van der Waals surface area contributed by atoms with E-state index in [1.807, 2.05) is 22.4 Å². The number of amides is 1. The van der Waals surface area contributed by atoms with Crippen LogP contribution in [0.2, 0.25) is 0 Å². The monoisotopic (exact) mass is 420 g/mol. The second kappa shape index (κ2) is 8.16. The Labute approximate surface area is 169 Å². The van der Waals surface area contributed by atoms with Crippen LogP contribution in [-0.2, 0) is 21.2 Å². The summed E-state index contributed by atoms with van der Waals surface area (Å²) in [5.74, 6) is 0.967. The lowest BCUT2D eigenvalue weighted by Gasteiger charge is -2.36. The van der Waals surface area contributed by atoms with Crippen molar-refractivity contribution in [3.63, 3.8) is 0 Å². The highest BCUT2D eigenvalue weighted by atomic mass is 32.2. The smallest absolute Gasteiger partial charge is 0.226 e. The van der Waals surface area contributed by atoms with Crippen LogP contribution in [0, 0.1) is 5.92 Å². The highest BCUT2D eigenvalue weighted by Crippen LogP contribution is 2.28. The number of nitrogens with zero attached hydrogens (tertiary/aromatic N) is 4. The summed E-state index contributed by atoms with van der Waals surface area (Å²) in [5.41, 5.74) is 0. The van der Waals surface area contributed by atoms with Gasteiger partial charge in [-0.05, 0) is 36.8 Å². The Hall–Kier alpha value is -2.00. The number of rotatable bonds is 5. The molecule has 9 heteroatoms. The maximum Gasteiger partial charge on any atom is 0.226 e. The molecule has 0 bridgehead atoms. The summed E-state index contributed by atoms with van der Waals surface area (Å²) in [6.45, 7) is 1.96. The molecule has 2 aliphatic heterocycles. The van der Waals surface area contributed by atoms with Crippen LogP contribution in [0.15, 0.2) is 36.0 Å². The fourth-order valence-corrected chi connectivity index (χ4v) is 6.43. The lowest BCUT2D eigenvalue weighted by molar-refractivity contribution is -0.138. The Morgan fingerprint density at radius 1 is 1.18 bits per heavy atom. The van der Waals surface area contributed by atoms with Crippen molar-refractivity contribution in [1.82, 2.24) is 14.9 Å². The molecule has 2 fully saturated rings. The minimum Gasteiger partial charge on any atom is -0.341 e. The van der Waals surface area contributed by atoms with E-state index in [1.54, 1.807) is 29.8 Å². The van der Waals surface area contributed by atoms with Crippen LogP contribution in [0.3, 0.4) is 0 Å². The van der Waals surface area contributed by atoms with Gasteiger partial charge < -0.3 is 9.80 Å². The minimum absolute atomic E-state index is 0.0803. The Balaban J connectivity index is 1.45. The zero-order valence-electron chi connectivity index (χ0n) is 15.6. The Kier molecular flexibility index (Phi) is 5.63. The Morgan fingerprint density at radius 2 is 1.93 bits per heavy atom. The van der Waals surface area contributed by atoms with Crippen molar-refractivity contribution in [3.05, 3.63) is 40.8 Å². The van der Waals surface area contributed by atoms with Crippen LogP contribution in [0.4, 0.5) is 5.95 Å². The molecule has 0 aliphatic carbocycles. The van der Waals surface area contributed by atoms with Gasteiger partial charge in [-0.1, -0.05) is 6.07 Å². The second-order valence-electron chi connectivity index (χ2n) is 7.41. The molecule has 150 valence electrons. The lowest BCUT2D eigenvalue weighted by atomic mass is 9.94. The fourth-order valence-electron chi connectivity index (χ4n) is 3.99. The van der Waals surface area contributed by atoms with E-state index in [1.165, 1.54) is 0 Å². The molecule has 4 rings (SSSR count). The molecule has 2 aromatic heterocycles. The predicted molar refractivity (Wildman–Crippen MR) is 109 cm³/mol. The summed E-state index contributed by atoms with van der Waals surface area (Å²) >= 11 is 1.60. The van der Waals surface area contributed by atoms with Crippen molar-refractivity contribution < 1.29 is 13.2 Å². The van der Waals surface area contributed by atoms with Gasteiger partial charge in [-0.2, -0.15) is 0 Å². The summed E-state index contributed by atoms with van der Waals surface area (Å²) in [5, 5.41) is 1.99. The first-order valence-electron chi connectivity index (χ1n) is 9.57. The molecule has 1 atom stereocenters. The maximum atomic E-state index is 13.4. The molecule has 0 aromatic carbocycles. The largest absolute Gasteiger partial charge is 0.341 e. The average molecular weight is 421 g/mol. The van der Waals surface area contributed by atoms with Gasteiger partial charge in [-0.25, -0.2) is 18.4 Å². The van der Waals surface area contributed by atoms with Crippen LogP contribution < -0.4 is 4.90 Å². The van der Waals surface area contributed by atoms with Crippen molar-refractivity contribution >= 4 is 33.0 Å². The molecule has 2 aromatic rings. The summed E-state index contributed by atoms with van der Waals surface area (Å²) in [4.78, 5) is 27.0. The third kappa shape index (κ3) is 4.35. The normalized spacial score (nSPS) is 22.3. The number of carbonyl (C=O) groups excluding carboxylic acids is 1. The molecule has 0 spiro atoms. The maximum absolute atomic E-state index is 13.4. The molecular formula is C19H24N4O3S2. The minimum atomic E-state index is -3.04. The number of hydrogen-bond acceptors (Lipinski definition) is 7. The number of carbonyl (C=O) groups is 1. The molecule has 0 radical (unpaired) electrons.